The first-order chi connectivity index (χ1) is 8.29. The number of rotatable bonds is 1. The van der Waals surface area contributed by atoms with Crippen molar-refractivity contribution in [2.75, 3.05) is 6.61 Å². The van der Waals surface area contributed by atoms with Crippen molar-refractivity contribution in [3.05, 3.63) is 22.8 Å². The number of allylic oxidation sites excluding steroid dienone is 2. The first-order valence-corrected chi connectivity index (χ1v) is 6.03. The predicted molar refractivity (Wildman–Crippen MR) is 70.7 cm³/mol. The molecule has 1 atom stereocenters. The summed E-state index contributed by atoms with van der Waals surface area (Å²) in [5, 5.41) is 18.4. The smallest absolute Gasteiger partial charge is 0.187 e. The topological polar surface area (TPSA) is 57.5 Å². The molecular formula is C15H20O3. The van der Waals surface area contributed by atoms with Crippen LogP contribution in [0.25, 0.3) is 0 Å². The Morgan fingerprint density at radius 2 is 2.17 bits per heavy atom. The van der Waals surface area contributed by atoms with Gasteiger partial charge in [0, 0.05) is 16.6 Å². The lowest BCUT2D eigenvalue weighted by Gasteiger charge is -2.33. The Hall–Kier alpha value is -1.37. The molecule has 0 aromatic rings. The van der Waals surface area contributed by atoms with Crippen LogP contribution in [-0.2, 0) is 4.79 Å². The molecule has 0 aromatic heterocycles. The maximum absolute atomic E-state index is 11.8. The zero-order chi connectivity index (χ0) is 13.9. The van der Waals surface area contributed by atoms with E-state index in [9.17, 15) is 9.90 Å². The number of aliphatic hydroxyl groups is 2. The molecular weight excluding hydrogens is 228 g/mol. The number of carbonyl (C=O) groups excluding carboxylic acids is 1. The molecule has 3 heteroatoms. The normalized spacial score (nSPS) is 23.8. The first kappa shape index (κ1) is 14.7. The number of ketones is 1. The van der Waals surface area contributed by atoms with Crippen molar-refractivity contribution >= 4 is 5.78 Å². The molecule has 0 amide bonds. The number of hydrogen-bond donors (Lipinski definition) is 2. The SMILES string of the molecule is CC1=C(C#C/C(C)=C/CO)C(C)(C)CC(O)C1=O. The Labute approximate surface area is 108 Å². The van der Waals surface area contributed by atoms with Crippen LogP contribution in [0.2, 0.25) is 0 Å². The van der Waals surface area contributed by atoms with Gasteiger partial charge < -0.3 is 10.2 Å². The molecule has 1 unspecified atom stereocenters. The quantitative estimate of drug-likeness (QED) is 0.693. The molecule has 1 rings (SSSR count). The Balaban J connectivity index is 3.19. The monoisotopic (exact) mass is 248 g/mol. The Morgan fingerprint density at radius 1 is 1.56 bits per heavy atom. The van der Waals surface area contributed by atoms with Gasteiger partial charge in [-0.05, 0) is 31.9 Å². The highest BCUT2D eigenvalue weighted by Gasteiger charge is 2.37. The minimum absolute atomic E-state index is 0.0421. The largest absolute Gasteiger partial charge is 0.392 e. The number of carbonyl (C=O) groups is 1. The van der Waals surface area contributed by atoms with Crippen molar-refractivity contribution in [2.45, 2.75) is 40.2 Å². The second kappa shape index (κ2) is 5.51. The maximum Gasteiger partial charge on any atom is 0.187 e. The third kappa shape index (κ3) is 3.10. The van der Waals surface area contributed by atoms with Gasteiger partial charge in [0.15, 0.2) is 5.78 Å². The van der Waals surface area contributed by atoms with Gasteiger partial charge in [-0.2, -0.15) is 0 Å². The molecule has 1 aliphatic carbocycles. The zero-order valence-electron chi connectivity index (χ0n) is 11.4. The molecule has 18 heavy (non-hydrogen) atoms. The van der Waals surface area contributed by atoms with Crippen LogP contribution in [0.3, 0.4) is 0 Å². The molecule has 0 aromatic carbocycles. The summed E-state index contributed by atoms with van der Waals surface area (Å²) in [7, 11) is 0. The lowest BCUT2D eigenvalue weighted by Crippen LogP contribution is -2.35. The lowest BCUT2D eigenvalue weighted by molar-refractivity contribution is -0.125. The van der Waals surface area contributed by atoms with Crippen molar-refractivity contribution in [2.24, 2.45) is 5.41 Å². The molecule has 0 heterocycles. The highest BCUT2D eigenvalue weighted by molar-refractivity contribution is 6.00. The summed E-state index contributed by atoms with van der Waals surface area (Å²) >= 11 is 0. The van der Waals surface area contributed by atoms with Gasteiger partial charge in [-0.15, -0.1) is 0 Å². The number of aliphatic hydroxyl groups excluding tert-OH is 2. The average Bonchev–Trinajstić information content (AvgIpc) is 2.25. The Morgan fingerprint density at radius 3 is 2.72 bits per heavy atom. The highest BCUT2D eigenvalue weighted by atomic mass is 16.3. The van der Waals surface area contributed by atoms with Gasteiger partial charge in [0.25, 0.3) is 0 Å². The number of Topliss-reactive ketones (excluding diaryl/α,β-unsaturated/α-hetero) is 1. The molecule has 3 nitrogen and oxygen atoms in total. The van der Waals surface area contributed by atoms with Gasteiger partial charge in [-0.25, -0.2) is 0 Å². The first-order valence-electron chi connectivity index (χ1n) is 6.03. The van der Waals surface area contributed by atoms with Crippen LogP contribution in [0.5, 0.6) is 0 Å². The molecule has 0 aliphatic heterocycles. The standard InChI is InChI=1S/C15H20O3/c1-10(7-8-16)5-6-12-11(2)14(18)13(17)9-15(12,3)4/h7,13,16-17H,8-9H2,1-4H3/b10-7+. The van der Waals surface area contributed by atoms with E-state index in [4.69, 9.17) is 5.11 Å². The van der Waals surface area contributed by atoms with Gasteiger partial charge >= 0.3 is 0 Å². The van der Waals surface area contributed by atoms with Crippen molar-refractivity contribution in [1.82, 2.24) is 0 Å². The lowest BCUT2D eigenvalue weighted by atomic mass is 9.71. The molecule has 0 saturated heterocycles. The van der Waals surface area contributed by atoms with Crippen LogP contribution < -0.4 is 0 Å². The van der Waals surface area contributed by atoms with Crippen LogP contribution >= 0.6 is 0 Å². The van der Waals surface area contributed by atoms with Gasteiger partial charge in [0.2, 0.25) is 0 Å². The summed E-state index contributed by atoms with van der Waals surface area (Å²) in [5.41, 5.74) is 1.79. The fourth-order valence-electron chi connectivity index (χ4n) is 2.17. The van der Waals surface area contributed by atoms with Crippen molar-refractivity contribution in [3.8, 4) is 11.8 Å². The zero-order valence-corrected chi connectivity index (χ0v) is 11.4. The minimum Gasteiger partial charge on any atom is -0.392 e. The molecule has 98 valence electrons. The van der Waals surface area contributed by atoms with Gasteiger partial charge in [-0.1, -0.05) is 25.7 Å². The summed E-state index contributed by atoms with van der Waals surface area (Å²) in [6.45, 7) is 7.43. The molecule has 1 aliphatic rings. The molecule has 0 spiro atoms. The fourth-order valence-corrected chi connectivity index (χ4v) is 2.17. The molecule has 0 saturated carbocycles. The van der Waals surface area contributed by atoms with E-state index in [1.165, 1.54) is 0 Å². The van der Waals surface area contributed by atoms with Crippen LogP contribution in [0.1, 0.15) is 34.1 Å². The molecule has 0 radical (unpaired) electrons. The summed E-state index contributed by atoms with van der Waals surface area (Å²) in [6.07, 6.45) is 1.10. The van der Waals surface area contributed by atoms with E-state index in [2.05, 4.69) is 11.8 Å². The second-order valence-corrected chi connectivity index (χ2v) is 5.29. The van der Waals surface area contributed by atoms with E-state index in [0.29, 0.717) is 12.0 Å². The summed E-state index contributed by atoms with van der Waals surface area (Å²) < 4.78 is 0. The van der Waals surface area contributed by atoms with E-state index < -0.39 is 6.10 Å². The van der Waals surface area contributed by atoms with Crippen LogP contribution in [0, 0.1) is 17.3 Å². The maximum atomic E-state index is 11.8. The van der Waals surface area contributed by atoms with Gasteiger partial charge in [0.05, 0.1) is 6.61 Å². The molecule has 0 bridgehead atoms. The second-order valence-electron chi connectivity index (χ2n) is 5.29. The molecule has 0 fully saturated rings. The Kier molecular flexibility index (Phi) is 4.50. The average molecular weight is 248 g/mol. The number of hydrogen-bond acceptors (Lipinski definition) is 3. The van der Waals surface area contributed by atoms with Crippen molar-refractivity contribution < 1.29 is 15.0 Å². The van der Waals surface area contributed by atoms with Crippen LogP contribution in [0.15, 0.2) is 22.8 Å². The highest BCUT2D eigenvalue weighted by Crippen LogP contribution is 2.38. The predicted octanol–water partition coefficient (Wildman–Crippen LogP) is 1.60. The van der Waals surface area contributed by atoms with E-state index in [-0.39, 0.29) is 17.8 Å². The Bertz CT molecular complexity index is 470. The van der Waals surface area contributed by atoms with Crippen molar-refractivity contribution in [3.63, 3.8) is 0 Å². The third-order valence-corrected chi connectivity index (χ3v) is 3.21. The van der Waals surface area contributed by atoms with Crippen molar-refractivity contribution in [1.29, 1.82) is 0 Å². The third-order valence-electron chi connectivity index (χ3n) is 3.21. The van der Waals surface area contributed by atoms with E-state index >= 15 is 0 Å². The van der Waals surface area contributed by atoms with E-state index in [1.807, 2.05) is 20.8 Å². The van der Waals surface area contributed by atoms with E-state index in [1.54, 1.807) is 13.0 Å². The van der Waals surface area contributed by atoms with Crippen LogP contribution in [-0.4, -0.2) is 28.7 Å². The summed E-state index contributed by atoms with van der Waals surface area (Å²) in [4.78, 5) is 11.8. The van der Waals surface area contributed by atoms with Crippen LogP contribution in [0.4, 0.5) is 0 Å². The minimum atomic E-state index is -0.917. The fraction of sp³-hybridized carbons (Fsp3) is 0.533. The van der Waals surface area contributed by atoms with E-state index in [0.717, 1.165) is 11.1 Å². The van der Waals surface area contributed by atoms with Gasteiger partial charge in [-0.3, -0.25) is 4.79 Å². The molecule has 2 N–H and O–H groups in total. The van der Waals surface area contributed by atoms with Gasteiger partial charge in [0.1, 0.15) is 6.10 Å². The summed E-state index contributed by atoms with van der Waals surface area (Å²) in [5.74, 6) is 5.72. The summed E-state index contributed by atoms with van der Waals surface area (Å²) in [6, 6.07) is 0.